The second-order valence-electron chi connectivity index (χ2n) is 4.84. The molecule has 0 aliphatic heterocycles. The van der Waals surface area contributed by atoms with Gasteiger partial charge in [0.1, 0.15) is 6.61 Å². The number of carbonyl (C=O) groups is 1. The van der Waals surface area contributed by atoms with E-state index in [1.54, 1.807) is 12.1 Å². The van der Waals surface area contributed by atoms with E-state index >= 15 is 0 Å². The fourth-order valence-corrected chi connectivity index (χ4v) is 2.21. The van der Waals surface area contributed by atoms with Gasteiger partial charge >= 0.3 is 0 Å². The molecule has 1 amide bonds. The average molecular weight is 273 g/mol. The van der Waals surface area contributed by atoms with E-state index in [1.165, 1.54) is 0 Å². The van der Waals surface area contributed by atoms with E-state index in [0.29, 0.717) is 5.56 Å². The van der Waals surface area contributed by atoms with Crippen LogP contribution in [0.4, 0.5) is 0 Å². The molecule has 0 bridgehead atoms. The molecule has 0 radical (unpaired) electrons. The summed E-state index contributed by atoms with van der Waals surface area (Å²) in [5, 5.41) is 11.8. The Balaban J connectivity index is 2.92. The Bertz CT molecular complexity index is 499. The summed E-state index contributed by atoms with van der Waals surface area (Å²) in [5.74, 6) is 5.33. The molecule has 3 nitrogen and oxygen atoms in total. The van der Waals surface area contributed by atoms with Crippen LogP contribution in [0, 0.1) is 11.8 Å². The quantitative estimate of drug-likeness (QED) is 0.810. The van der Waals surface area contributed by atoms with Gasteiger partial charge in [0.2, 0.25) is 0 Å². The molecule has 2 N–H and O–H groups in total. The fraction of sp³-hybridized carbons (Fsp3) is 0.471. The Kier molecular flexibility index (Phi) is 6.27. The third kappa shape index (κ3) is 4.11. The van der Waals surface area contributed by atoms with Crippen LogP contribution in [-0.4, -0.2) is 23.2 Å². The minimum absolute atomic E-state index is 0.0665. The van der Waals surface area contributed by atoms with Gasteiger partial charge in [0.25, 0.3) is 5.91 Å². The molecule has 1 aromatic rings. The zero-order valence-electron chi connectivity index (χ0n) is 12.5. The molecule has 0 aliphatic rings. The van der Waals surface area contributed by atoms with Crippen molar-refractivity contribution in [1.29, 1.82) is 0 Å². The van der Waals surface area contributed by atoms with Crippen LogP contribution < -0.4 is 5.32 Å². The first-order valence-electron chi connectivity index (χ1n) is 7.13. The van der Waals surface area contributed by atoms with Gasteiger partial charge in [-0.25, -0.2) is 0 Å². The van der Waals surface area contributed by atoms with Gasteiger partial charge < -0.3 is 10.4 Å². The molecule has 0 spiro atoms. The molecule has 0 aliphatic carbocycles. The highest BCUT2D eigenvalue weighted by Gasteiger charge is 2.26. The first kappa shape index (κ1) is 16.3. The molecule has 0 atom stereocenters. The lowest BCUT2D eigenvalue weighted by Crippen LogP contribution is -2.47. The van der Waals surface area contributed by atoms with Gasteiger partial charge in [-0.1, -0.05) is 38.7 Å². The summed E-state index contributed by atoms with van der Waals surface area (Å²) in [6.07, 6.45) is 2.74. The number of amides is 1. The number of aliphatic hydroxyl groups excluding tert-OH is 1. The smallest absolute Gasteiger partial charge is 0.251 e. The minimum atomic E-state index is -0.180. The molecule has 0 fully saturated rings. The molecule has 1 rings (SSSR count). The van der Waals surface area contributed by atoms with Crippen LogP contribution in [0.15, 0.2) is 24.3 Å². The number of hydrogen-bond donors (Lipinski definition) is 2. The number of aliphatic hydroxyl groups is 1. The third-order valence-corrected chi connectivity index (χ3v) is 3.85. The van der Waals surface area contributed by atoms with Crippen molar-refractivity contribution in [3.8, 4) is 11.8 Å². The molecule has 3 heteroatoms. The highest BCUT2D eigenvalue weighted by atomic mass is 16.2. The average Bonchev–Trinajstić information content (AvgIpc) is 2.51. The molecule has 1 aromatic carbocycles. The summed E-state index contributed by atoms with van der Waals surface area (Å²) in [7, 11) is 0. The predicted molar refractivity (Wildman–Crippen MR) is 81.5 cm³/mol. The summed E-state index contributed by atoms with van der Waals surface area (Å²) < 4.78 is 0. The maximum atomic E-state index is 12.4. The van der Waals surface area contributed by atoms with Crippen molar-refractivity contribution in [2.75, 3.05) is 6.61 Å². The van der Waals surface area contributed by atoms with Gasteiger partial charge in [0.15, 0.2) is 0 Å². The molecular formula is C17H23NO2. The number of nitrogens with one attached hydrogen (secondary N) is 1. The molecule has 0 aromatic heterocycles. The summed E-state index contributed by atoms with van der Waals surface area (Å²) >= 11 is 0. The summed E-state index contributed by atoms with van der Waals surface area (Å²) in [4.78, 5) is 12.4. The minimum Gasteiger partial charge on any atom is -0.384 e. The molecule has 108 valence electrons. The van der Waals surface area contributed by atoms with E-state index in [0.717, 1.165) is 24.8 Å². The normalized spacial score (nSPS) is 10.6. The maximum Gasteiger partial charge on any atom is 0.251 e. The predicted octanol–water partition coefficient (Wildman–Crippen LogP) is 2.73. The van der Waals surface area contributed by atoms with Crippen molar-refractivity contribution in [2.45, 2.75) is 45.6 Å². The second kappa shape index (κ2) is 7.72. The zero-order chi connectivity index (χ0) is 15.0. The molecular weight excluding hydrogens is 250 g/mol. The maximum absolute atomic E-state index is 12.4. The summed E-state index contributed by atoms with van der Waals surface area (Å²) in [6, 6.07) is 7.17. The van der Waals surface area contributed by atoms with Crippen molar-refractivity contribution in [3.63, 3.8) is 0 Å². The van der Waals surface area contributed by atoms with Crippen LogP contribution in [0.5, 0.6) is 0 Å². The highest BCUT2D eigenvalue weighted by molar-refractivity contribution is 5.95. The van der Waals surface area contributed by atoms with Crippen LogP contribution in [0.1, 0.15) is 56.0 Å². The lowest BCUT2D eigenvalue weighted by atomic mass is 9.89. The number of rotatable bonds is 5. The van der Waals surface area contributed by atoms with E-state index in [1.807, 2.05) is 12.1 Å². The fourth-order valence-electron chi connectivity index (χ4n) is 2.21. The lowest BCUT2D eigenvalue weighted by Gasteiger charge is -2.31. The van der Waals surface area contributed by atoms with Crippen molar-refractivity contribution in [2.24, 2.45) is 0 Å². The highest BCUT2D eigenvalue weighted by Crippen LogP contribution is 2.20. The Morgan fingerprint density at radius 3 is 2.45 bits per heavy atom. The Morgan fingerprint density at radius 1 is 1.25 bits per heavy atom. The first-order chi connectivity index (χ1) is 9.60. The monoisotopic (exact) mass is 273 g/mol. The summed E-state index contributed by atoms with van der Waals surface area (Å²) in [5.41, 5.74) is 1.21. The van der Waals surface area contributed by atoms with Crippen molar-refractivity contribution in [3.05, 3.63) is 35.4 Å². The number of benzene rings is 1. The Morgan fingerprint density at radius 2 is 1.90 bits per heavy atom. The summed E-state index contributed by atoms with van der Waals surface area (Å²) in [6.45, 7) is 6.10. The van der Waals surface area contributed by atoms with Crippen molar-refractivity contribution >= 4 is 5.91 Å². The standard InChI is InChI=1S/C17H23NO2/c1-4-17(5-2,6-3)18-16(20)15-11-7-9-14(13-15)10-8-12-19/h7,9,11,13,19H,4-6,12H2,1-3H3,(H,18,20). The Hall–Kier alpha value is -1.79. The number of carbonyl (C=O) groups excluding carboxylic acids is 1. The molecule has 0 heterocycles. The van der Waals surface area contributed by atoms with Gasteiger partial charge in [-0.05, 0) is 37.5 Å². The first-order valence-corrected chi connectivity index (χ1v) is 7.13. The van der Waals surface area contributed by atoms with Gasteiger partial charge in [-0.2, -0.15) is 0 Å². The molecule has 0 unspecified atom stereocenters. The number of hydrogen-bond acceptors (Lipinski definition) is 2. The van der Waals surface area contributed by atoms with E-state index in [4.69, 9.17) is 5.11 Å². The molecule has 20 heavy (non-hydrogen) atoms. The zero-order valence-corrected chi connectivity index (χ0v) is 12.5. The van der Waals surface area contributed by atoms with Gasteiger partial charge in [-0.3, -0.25) is 4.79 Å². The van der Waals surface area contributed by atoms with Gasteiger partial charge in [-0.15, -0.1) is 0 Å². The SMILES string of the molecule is CCC(CC)(CC)NC(=O)c1cccc(C#CCO)c1. The van der Waals surface area contributed by atoms with E-state index in [-0.39, 0.29) is 18.1 Å². The van der Waals surface area contributed by atoms with Gasteiger partial charge in [0.05, 0.1) is 0 Å². The van der Waals surface area contributed by atoms with Crippen LogP contribution in [0.2, 0.25) is 0 Å². The van der Waals surface area contributed by atoms with E-state index in [9.17, 15) is 4.79 Å². The van der Waals surface area contributed by atoms with Crippen LogP contribution in [0.3, 0.4) is 0 Å². The van der Waals surface area contributed by atoms with E-state index < -0.39 is 0 Å². The largest absolute Gasteiger partial charge is 0.384 e. The van der Waals surface area contributed by atoms with E-state index in [2.05, 4.69) is 37.9 Å². The van der Waals surface area contributed by atoms with Crippen LogP contribution in [-0.2, 0) is 0 Å². The topological polar surface area (TPSA) is 49.3 Å². The van der Waals surface area contributed by atoms with Crippen molar-refractivity contribution < 1.29 is 9.90 Å². The second-order valence-corrected chi connectivity index (χ2v) is 4.84. The lowest BCUT2D eigenvalue weighted by molar-refractivity contribution is 0.0888. The molecule has 0 saturated heterocycles. The third-order valence-electron chi connectivity index (χ3n) is 3.85. The van der Waals surface area contributed by atoms with Crippen molar-refractivity contribution in [1.82, 2.24) is 5.32 Å². The molecule has 0 saturated carbocycles. The van der Waals surface area contributed by atoms with Crippen LogP contribution >= 0.6 is 0 Å². The van der Waals surface area contributed by atoms with Crippen LogP contribution in [0.25, 0.3) is 0 Å². The Labute approximate surface area is 121 Å². The van der Waals surface area contributed by atoms with Gasteiger partial charge in [0, 0.05) is 16.7 Å².